The number of carbonyl (C=O) groups excluding carboxylic acids is 1. The topological polar surface area (TPSA) is 145 Å². The standard InChI is InChI=1S/C21H18N6O5S/c1-12-8-16(27(30)31)17(32-2)9-15(12)23-18(28)11-33-21-24-19-14(20(29)25-21)10-22-26(19)13-6-4-3-5-7-13/h3-10H,11H2,1-2H3,(H,23,28)(H,24,25,29). The molecule has 0 aliphatic heterocycles. The van der Waals surface area contributed by atoms with E-state index in [-0.39, 0.29) is 33.8 Å². The van der Waals surface area contributed by atoms with Crippen LogP contribution >= 0.6 is 11.8 Å². The number of aryl methyl sites for hydroxylation is 1. The van der Waals surface area contributed by atoms with Crippen LogP contribution in [0.2, 0.25) is 0 Å². The zero-order chi connectivity index (χ0) is 23.5. The number of H-pyrrole nitrogens is 1. The molecule has 2 heterocycles. The smallest absolute Gasteiger partial charge is 0.311 e. The van der Waals surface area contributed by atoms with E-state index in [2.05, 4.69) is 20.4 Å². The number of amides is 1. The number of ether oxygens (including phenoxy) is 1. The summed E-state index contributed by atoms with van der Waals surface area (Å²) in [6, 6.07) is 12.0. The second-order valence-corrected chi connectivity index (χ2v) is 7.90. The lowest BCUT2D eigenvalue weighted by Gasteiger charge is -2.10. The van der Waals surface area contributed by atoms with Crippen LogP contribution < -0.4 is 15.6 Å². The van der Waals surface area contributed by atoms with Gasteiger partial charge in [0, 0.05) is 17.8 Å². The molecule has 0 atom stereocenters. The summed E-state index contributed by atoms with van der Waals surface area (Å²) in [5.74, 6) is -0.385. The molecule has 2 aromatic heterocycles. The summed E-state index contributed by atoms with van der Waals surface area (Å²) in [6.45, 7) is 1.65. The van der Waals surface area contributed by atoms with Gasteiger partial charge in [-0.25, -0.2) is 9.67 Å². The summed E-state index contributed by atoms with van der Waals surface area (Å²) in [4.78, 5) is 42.6. The van der Waals surface area contributed by atoms with Gasteiger partial charge in [-0.1, -0.05) is 30.0 Å². The number of aromatic nitrogens is 4. The van der Waals surface area contributed by atoms with Crippen LogP contribution in [0.3, 0.4) is 0 Å². The van der Waals surface area contributed by atoms with Gasteiger partial charge in [-0.2, -0.15) is 5.10 Å². The summed E-state index contributed by atoms with van der Waals surface area (Å²) in [6.07, 6.45) is 1.44. The second-order valence-electron chi connectivity index (χ2n) is 6.93. The third-order valence-electron chi connectivity index (χ3n) is 4.75. The van der Waals surface area contributed by atoms with Crippen molar-refractivity contribution >= 4 is 40.1 Å². The van der Waals surface area contributed by atoms with Gasteiger partial charge >= 0.3 is 5.69 Å². The number of aromatic amines is 1. The first-order valence-corrected chi connectivity index (χ1v) is 10.6. The molecule has 1 amide bonds. The van der Waals surface area contributed by atoms with Crippen molar-refractivity contribution in [3.63, 3.8) is 0 Å². The summed E-state index contributed by atoms with van der Waals surface area (Å²) in [7, 11) is 1.32. The maximum atomic E-state index is 12.5. The summed E-state index contributed by atoms with van der Waals surface area (Å²) in [5, 5.41) is 18.7. The average molecular weight is 466 g/mol. The molecule has 4 aromatic rings. The Morgan fingerprint density at radius 3 is 2.76 bits per heavy atom. The summed E-state index contributed by atoms with van der Waals surface area (Å²) >= 11 is 1.05. The lowest BCUT2D eigenvalue weighted by molar-refractivity contribution is -0.385. The second kappa shape index (κ2) is 9.12. The highest BCUT2D eigenvalue weighted by Crippen LogP contribution is 2.32. The van der Waals surface area contributed by atoms with E-state index in [1.165, 1.54) is 25.4 Å². The molecule has 0 fully saturated rings. The fourth-order valence-corrected chi connectivity index (χ4v) is 3.81. The molecule has 0 unspecified atom stereocenters. The lowest BCUT2D eigenvalue weighted by Crippen LogP contribution is -2.16. The van der Waals surface area contributed by atoms with Crippen molar-refractivity contribution in [1.29, 1.82) is 0 Å². The van der Waals surface area contributed by atoms with E-state index < -0.39 is 4.92 Å². The number of fused-ring (bicyclic) bond motifs is 1. The Balaban J connectivity index is 1.53. The van der Waals surface area contributed by atoms with Crippen LogP contribution in [0, 0.1) is 17.0 Å². The van der Waals surface area contributed by atoms with Gasteiger partial charge in [-0.15, -0.1) is 0 Å². The third kappa shape index (κ3) is 4.55. The number of carbonyl (C=O) groups is 1. The zero-order valence-corrected chi connectivity index (χ0v) is 18.4. The van der Waals surface area contributed by atoms with Crippen LogP contribution in [0.4, 0.5) is 11.4 Å². The fourth-order valence-electron chi connectivity index (χ4n) is 3.16. The average Bonchev–Trinajstić information content (AvgIpc) is 3.24. The van der Waals surface area contributed by atoms with Crippen molar-refractivity contribution in [3.05, 3.63) is 74.7 Å². The van der Waals surface area contributed by atoms with Gasteiger partial charge in [0.1, 0.15) is 5.39 Å². The quantitative estimate of drug-likeness (QED) is 0.183. The first-order chi connectivity index (χ1) is 15.9. The predicted molar refractivity (Wildman–Crippen MR) is 123 cm³/mol. The molecule has 33 heavy (non-hydrogen) atoms. The minimum Gasteiger partial charge on any atom is -0.490 e. The number of hydrogen-bond acceptors (Lipinski definition) is 8. The number of methoxy groups -OCH3 is 1. The monoisotopic (exact) mass is 466 g/mol. The van der Waals surface area contributed by atoms with E-state index in [0.717, 1.165) is 17.4 Å². The normalized spacial score (nSPS) is 10.8. The number of rotatable bonds is 7. The van der Waals surface area contributed by atoms with Gasteiger partial charge < -0.3 is 15.0 Å². The number of thioether (sulfide) groups is 1. The molecular formula is C21H18N6O5S. The van der Waals surface area contributed by atoms with E-state index in [1.54, 1.807) is 11.6 Å². The minimum atomic E-state index is -0.550. The number of nitrogens with one attached hydrogen (secondary N) is 2. The summed E-state index contributed by atoms with van der Waals surface area (Å²) < 4.78 is 6.61. The van der Waals surface area contributed by atoms with Crippen molar-refractivity contribution < 1.29 is 14.5 Å². The molecule has 4 rings (SSSR count). The van der Waals surface area contributed by atoms with Gasteiger partial charge in [0.15, 0.2) is 16.6 Å². The number of anilines is 1. The van der Waals surface area contributed by atoms with E-state index in [4.69, 9.17) is 4.74 Å². The van der Waals surface area contributed by atoms with E-state index in [9.17, 15) is 19.7 Å². The highest BCUT2D eigenvalue weighted by Gasteiger charge is 2.19. The molecule has 12 heteroatoms. The molecule has 0 saturated heterocycles. The van der Waals surface area contributed by atoms with Crippen LogP contribution in [0.15, 0.2) is 58.6 Å². The van der Waals surface area contributed by atoms with Gasteiger partial charge in [-0.3, -0.25) is 19.7 Å². The van der Waals surface area contributed by atoms with Crippen LogP contribution in [-0.4, -0.2) is 43.4 Å². The molecule has 0 aliphatic carbocycles. The molecule has 168 valence electrons. The van der Waals surface area contributed by atoms with Crippen LogP contribution in [0.1, 0.15) is 5.56 Å². The molecule has 0 radical (unpaired) electrons. The Morgan fingerprint density at radius 2 is 2.06 bits per heavy atom. The molecule has 2 N–H and O–H groups in total. The first-order valence-electron chi connectivity index (χ1n) is 9.66. The van der Waals surface area contributed by atoms with Crippen molar-refractivity contribution in [1.82, 2.24) is 19.7 Å². The van der Waals surface area contributed by atoms with Crippen molar-refractivity contribution in [2.45, 2.75) is 12.1 Å². The SMILES string of the molecule is COc1cc(NC(=O)CSc2nc3c(cnn3-c3ccccc3)c(=O)[nH]2)c(C)cc1[N+](=O)[O-]. The molecular weight excluding hydrogens is 448 g/mol. The van der Waals surface area contributed by atoms with E-state index >= 15 is 0 Å². The van der Waals surface area contributed by atoms with E-state index in [1.807, 2.05) is 30.3 Å². The van der Waals surface area contributed by atoms with Crippen molar-refractivity contribution in [3.8, 4) is 11.4 Å². The van der Waals surface area contributed by atoms with Crippen molar-refractivity contribution in [2.24, 2.45) is 0 Å². The Bertz CT molecular complexity index is 1420. The number of hydrogen-bond donors (Lipinski definition) is 2. The van der Waals surface area contributed by atoms with Gasteiger partial charge in [0.25, 0.3) is 5.56 Å². The maximum absolute atomic E-state index is 12.5. The first kappa shape index (κ1) is 22.0. The molecule has 0 aliphatic rings. The Hall–Kier alpha value is -4.19. The maximum Gasteiger partial charge on any atom is 0.311 e. The van der Waals surface area contributed by atoms with Crippen LogP contribution in [0.25, 0.3) is 16.7 Å². The highest BCUT2D eigenvalue weighted by atomic mass is 32.2. The zero-order valence-electron chi connectivity index (χ0n) is 17.6. The summed E-state index contributed by atoms with van der Waals surface area (Å²) in [5.41, 5.74) is 1.49. The largest absolute Gasteiger partial charge is 0.490 e. The van der Waals surface area contributed by atoms with Crippen LogP contribution in [0.5, 0.6) is 5.75 Å². The van der Waals surface area contributed by atoms with E-state index in [0.29, 0.717) is 22.3 Å². The molecule has 0 saturated carbocycles. The third-order valence-corrected chi connectivity index (χ3v) is 5.63. The lowest BCUT2D eigenvalue weighted by atomic mass is 10.1. The Labute approximate surface area is 190 Å². The Morgan fingerprint density at radius 1 is 1.30 bits per heavy atom. The van der Waals surface area contributed by atoms with Crippen LogP contribution in [-0.2, 0) is 4.79 Å². The molecule has 0 bridgehead atoms. The number of nitro benzene ring substituents is 1. The van der Waals surface area contributed by atoms with Gasteiger partial charge in [0.05, 0.1) is 29.7 Å². The predicted octanol–water partition coefficient (Wildman–Crippen LogP) is 3.06. The number of nitro groups is 1. The van der Waals surface area contributed by atoms with Crippen molar-refractivity contribution in [2.75, 3.05) is 18.2 Å². The van der Waals surface area contributed by atoms with Gasteiger partial charge in [-0.05, 0) is 24.6 Å². The number of nitrogens with zero attached hydrogens (tertiary/aromatic N) is 4. The van der Waals surface area contributed by atoms with Gasteiger partial charge in [0.2, 0.25) is 5.91 Å². The number of para-hydroxylation sites is 1. The molecule has 2 aromatic carbocycles. The molecule has 11 nitrogen and oxygen atoms in total. The number of benzene rings is 2. The highest BCUT2D eigenvalue weighted by molar-refractivity contribution is 7.99. The molecule has 0 spiro atoms. The minimum absolute atomic E-state index is 0.0409. The fraction of sp³-hybridized carbons (Fsp3) is 0.143. The Kier molecular flexibility index (Phi) is 6.09.